The molecular weight excluding hydrogens is 218 g/mol. The Morgan fingerprint density at radius 3 is 2.59 bits per heavy atom. The van der Waals surface area contributed by atoms with Crippen LogP contribution < -0.4 is 5.32 Å². The third-order valence-corrected chi connectivity index (χ3v) is 2.43. The first-order valence-electron chi connectivity index (χ1n) is 5.31. The van der Waals surface area contributed by atoms with E-state index in [9.17, 15) is 4.79 Å². The summed E-state index contributed by atoms with van der Waals surface area (Å²) >= 11 is 0. The van der Waals surface area contributed by atoms with Crippen molar-refractivity contribution in [2.45, 2.75) is 12.6 Å². The van der Waals surface area contributed by atoms with Gasteiger partial charge in [0, 0.05) is 6.54 Å². The van der Waals surface area contributed by atoms with E-state index in [1.165, 1.54) is 6.26 Å². The molecule has 2 rings (SSSR count). The number of nitrogens with one attached hydrogen (secondary N) is 1. The number of carboxylic acids is 1. The quantitative estimate of drug-likeness (QED) is 0.828. The highest BCUT2D eigenvalue weighted by atomic mass is 16.4. The maximum atomic E-state index is 11.1. The van der Waals surface area contributed by atoms with E-state index in [1.807, 2.05) is 30.3 Å². The van der Waals surface area contributed by atoms with Gasteiger partial charge in [-0.1, -0.05) is 30.3 Å². The fourth-order valence-corrected chi connectivity index (χ4v) is 1.58. The predicted molar refractivity (Wildman–Crippen MR) is 62.4 cm³/mol. The summed E-state index contributed by atoms with van der Waals surface area (Å²) in [6, 6.07) is 12.1. The number of carbonyl (C=O) groups is 1. The first-order chi connectivity index (χ1) is 8.27. The van der Waals surface area contributed by atoms with Gasteiger partial charge in [-0.15, -0.1) is 0 Å². The molecule has 1 unspecified atom stereocenters. The lowest BCUT2D eigenvalue weighted by Crippen LogP contribution is -2.27. The van der Waals surface area contributed by atoms with Gasteiger partial charge < -0.3 is 9.52 Å². The molecule has 0 fully saturated rings. The van der Waals surface area contributed by atoms with E-state index >= 15 is 0 Å². The summed E-state index contributed by atoms with van der Waals surface area (Å²) in [5.74, 6) is -0.538. The number of aliphatic carboxylic acids is 1. The van der Waals surface area contributed by atoms with Crippen molar-refractivity contribution in [2.75, 3.05) is 0 Å². The molecule has 0 radical (unpaired) electrons. The molecule has 1 heterocycles. The molecule has 1 aromatic carbocycles. The highest BCUT2D eigenvalue weighted by molar-refractivity contribution is 5.74. The number of carboxylic acid groups (broad SMARTS) is 1. The van der Waals surface area contributed by atoms with Gasteiger partial charge in [-0.25, -0.2) is 0 Å². The number of hydrogen-bond acceptors (Lipinski definition) is 3. The van der Waals surface area contributed by atoms with E-state index in [1.54, 1.807) is 12.1 Å². The van der Waals surface area contributed by atoms with E-state index < -0.39 is 12.0 Å². The highest BCUT2D eigenvalue weighted by Gasteiger charge is 2.21. The van der Waals surface area contributed by atoms with Crippen LogP contribution in [-0.4, -0.2) is 11.1 Å². The van der Waals surface area contributed by atoms with E-state index in [2.05, 4.69) is 5.32 Å². The number of benzene rings is 1. The lowest BCUT2D eigenvalue weighted by Gasteiger charge is -2.11. The Hall–Kier alpha value is -2.07. The van der Waals surface area contributed by atoms with E-state index in [4.69, 9.17) is 9.52 Å². The van der Waals surface area contributed by atoms with Crippen LogP contribution in [0.5, 0.6) is 0 Å². The minimum Gasteiger partial charge on any atom is -0.480 e. The van der Waals surface area contributed by atoms with Crippen LogP contribution in [-0.2, 0) is 11.3 Å². The normalized spacial score (nSPS) is 12.2. The van der Waals surface area contributed by atoms with Crippen LogP contribution in [0, 0.1) is 0 Å². The minimum atomic E-state index is -0.948. The molecule has 2 N–H and O–H groups in total. The van der Waals surface area contributed by atoms with Crippen molar-refractivity contribution in [3.8, 4) is 0 Å². The van der Waals surface area contributed by atoms with Crippen molar-refractivity contribution in [3.63, 3.8) is 0 Å². The van der Waals surface area contributed by atoms with Gasteiger partial charge in [-0.3, -0.25) is 10.1 Å². The van der Waals surface area contributed by atoms with E-state index in [-0.39, 0.29) is 0 Å². The number of furan rings is 1. The molecule has 0 spiro atoms. The maximum Gasteiger partial charge on any atom is 0.328 e. The fraction of sp³-hybridized carbons (Fsp3) is 0.154. The summed E-state index contributed by atoms with van der Waals surface area (Å²) in [5, 5.41) is 12.0. The molecule has 2 aromatic rings. The van der Waals surface area contributed by atoms with Crippen LogP contribution in [0.15, 0.2) is 53.1 Å². The van der Waals surface area contributed by atoms with Crippen molar-refractivity contribution in [1.82, 2.24) is 5.32 Å². The van der Waals surface area contributed by atoms with Gasteiger partial charge in [0.2, 0.25) is 0 Å². The van der Waals surface area contributed by atoms with E-state index in [0.29, 0.717) is 12.3 Å². The van der Waals surface area contributed by atoms with Gasteiger partial charge in [-0.2, -0.15) is 0 Å². The van der Waals surface area contributed by atoms with Crippen molar-refractivity contribution >= 4 is 5.97 Å². The lowest BCUT2D eigenvalue weighted by molar-refractivity contribution is -0.140. The summed E-state index contributed by atoms with van der Waals surface area (Å²) in [7, 11) is 0. The molecule has 4 nitrogen and oxygen atoms in total. The van der Waals surface area contributed by atoms with Crippen molar-refractivity contribution in [1.29, 1.82) is 0 Å². The van der Waals surface area contributed by atoms with Gasteiger partial charge in [0.1, 0.15) is 5.76 Å². The van der Waals surface area contributed by atoms with Crippen LogP contribution in [0.2, 0.25) is 0 Å². The molecule has 0 amide bonds. The Balaban J connectivity index is 2.03. The Morgan fingerprint density at radius 1 is 1.24 bits per heavy atom. The first kappa shape index (κ1) is 11.4. The molecular formula is C13H13NO3. The third kappa shape index (κ3) is 2.95. The number of hydrogen-bond donors (Lipinski definition) is 2. The maximum absolute atomic E-state index is 11.1. The summed E-state index contributed by atoms with van der Waals surface area (Å²) in [6.45, 7) is 0.485. The lowest BCUT2D eigenvalue weighted by atomic mass is 10.2. The molecule has 0 aliphatic rings. The Labute approximate surface area is 98.9 Å². The van der Waals surface area contributed by atoms with Gasteiger partial charge in [0.25, 0.3) is 0 Å². The minimum absolute atomic E-state index is 0.411. The van der Waals surface area contributed by atoms with E-state index in [0.717, 1.165) is 5.56 Å². The third-order valence-electron chi connectivity index (χ3n) is 2.43. The average Bonchev–Trinajstić information content (AvgIpc) is 2.84. The van der Waals surface area contributed by atoms with Crippen LogP contribution in [0.1, 0.15) is 17.4 Å². The SMILES string of the molecule is O=C(O)C(NCc1ccccc1)c1ccco1. The first-order valence-corrected chi connectivity index (χ1v) is 5.31. The molecule has 1 atom stereocenters. The Kier molecular flexibility index (Phi) is 3.57. The summed E-state index contributed by atoms with van der Waals surface area (Å²) in [6.07, 6.45) is 1.47. The fourth-order valence-electron chi connectivity index (χ4n) is 1.58. The van der Waals surface area contributed by atoms with Crippen LogP contribution >= 0.6 is 0 Å². The standard InChI is InChI=1S/C13H13NO3/c15-13(16)12(11-7-4-8-17-11)14-9-10-5-2-1-3-6-10/h1-8,12,14H,9H2,(H,15,16). The average molecular weight is 231 g/mol. The van der Waals surface area contributed by atoms with Crippen LogP contribution in [0.3, 0.4) is 0 Å². The molecule has 0 bridgehead atoms. The van der Waals surface area contributed by atoms with Crippen molar-refractivity contribution < 1.29 is 14.3 Å². The highest BCUT2D eigenvalue weighted by Crippen LogP contribution is 2.14. The zero-order chi connectivity index (χ0) is 12.1. The molecule has 0 aliphatic carbocycles. The molecule has 88 valence electrons. The Morgan fingerprint density at radius 2 is 2.00 bits per heavy atom. The Bertz CT molecular complexity index is 465. The molecule has 1 aromatic heterocycles. The molecule has 0 saturated heterocycles. The van der Waals surface area contributed by atoms with Gasteiger partial charge in [0.05, 0.1) is 6.26 Å². The molecule has 0 saturated carbocycles. The van der Waals surface area contributed by atoms with Crippen LogP contribution in [0.25, 0.3) is 0 Å². The topological polar surface area (TPSA) is 62.5 Å². The van der Waals surface area contributed by atoms with Crippen LogP contribution in [0.4, 0.5) is 0 Å². The second-order valence-corrected chi connectivity index (χ2v) is 3.65. The second kappa shape index (κ2) is 5.32. The van der Waals surface area contributed by atoms with Gasteiger partial charge in [-0.05, 0) is 17.7 Å². The van der Waals surface area contributed by atoms with Gasteiger partial charge in [0.15, 0.2) is 6.04 Å². The summed E-state index contributed by atoms with van der Waals surface area (Å²) in [4.78, 5) is 11.1. The molecule has 4 heteroatoms. The smallest absolute Gasteiger partial charge is 0.328 e. The van der Waals surface area contributed by atoms with Crippen molar-refractivity contribution in [3.05, 3.63) is 60.1 Å². The molecule has 17 heavy (non-hydrogen) atoms. The predicted octanol–water partition coefficient (Wildman–Crippen LogP) is 2.20. The zero-order valence-corrected chi connectivity index (χ0v) is 9.17. The molecule has 0 aliphatic heterocycles. The number of rotatable bonds is 5. The summed E-state index contributed by atoms with van der Waals surface area (Å²) < 4.78 is 5.10. The monoisotopic (exact) mass is 231 g/mol. The second-order valence-electron chi connectivity index (χ2n) is 3.65. The zero-order valence-electron chi connectivity index (χ0n) is 9.17. The van der Waals surface area contributed by atoms with Crippen molar-refractivity contribution in [2.24, 2.45) is 0 Å². The summed E-state index contributed by atoms with van der Waals surface area (Å²) in [5.41, 5.74) is 1.03. The largest absolute Gasteiger partial charge is 0.480 e. The van der Waals surface area contributed by atoms with Gasteiger partial charge >= 0.3 is 5.97 Å².